The van der Waals surface area contributed by atoms with Crippen molar-refractivity contribution < 1.29 is 14.0 Å². The number of aryl methyl sites for hydroxylation is 2. The molecule has 0 unspecified atom stereocenters. The van der Waals surface area contributed by atoms with E-state index in [1.165, 1.54) is 6.26 Å². The minimum absolute atomic E-state index is 0.148. The molecule has 1 aromatic carbocycles. The van der Waals surface area contributed by atoms with E-state index in [1.807, 2.05) is 25.1 Å². The van der Waals surface area contributed by atoms with E-state index in [2.05, 4.69) is 26.6 Å². The predicted molar refractivity (Wildman–Crippen MR) is 87.9 cm³/mol. The van der Waals surface area contributed by atoms with E-state index >= 15 is 0 Å². The first kappa shape index (κ1) is 16.3. The van der Waals surface area contributed by atoms with Crippen LogP contribution < -0.4 is 10.6 Å². The zero-order valence-electron chi connectivity index (χ0n) is 12.4. The lowest BCUT2D eigenvalue weighted by atomic mass is 10.2. The van der Waals surface area contributed by atoms with Crippen LogP contribution in [0.3, 0.4) is 0 Å². The number of hydrogen-bond acceptors (Lipinski definition) is 3. The summed E-state index contributed by atoms with van der Waals surface area (Å²) in [7, 11) is 0. The molecule has 1 heterocycles. The highest BCUT2D eigenvalue weighted by molar-refractivity contribution is 9.10. The molecule has 2 aromatic rings. The predicted octanol–water partition coefficient (Wildman–Crippen LogP) is 3.42. The number of rotatable bonds is 5. The second-order valence-electron chi connectivity index (χ2n) is 4.90. The molecule has 0 radical (unpaired) electrons. The molecular weight excluding hydrogens is 348 g/mol. The second-order valence-corrected chi connectivity index (χ2v) is 5.82. The Kier molecular flexibility index (Phi) is 5.38. The van der Waals surface area contributed by atoms with Gasteiger partial charge in [0.15, 0.2) is 0 Å². The molecule has 1 aromatic heterocycles. The molecule has 116 valence electrons. The van der Waals surface area contributed by atoms with Gasteiger partial charge in [-0.05, 0) is 37.6 Å². The third kappa shape index (κ3) is 4.21. The summed E-state index contributed by atoms with van der Waals surface area (Å²) in [6, 6.07) is 7.29. The summed E-state index contributed by atoms with van der Waals surface area (Å²) in [5.41, 5.74) is 2.23. The number of furan rings is 1. The van der Waals surface area contributed by atoms with E-state index in [1.54, 1.807) is 13.0 Å². The van der Waals surface area contributed by atoms with Crippen LogP contribution in [-0.2, 0) is 4.79 Å². The van der Waals surface area contributed by atoms with E-state index in [9.17, 15) is 9.59 Å². The maximum Gasteiger partial charge on any atom is 0.254 e. The van der Waals surface area contributed by atoms with Crippen molar-refractivity contribution in [2.75, 3.05) is 11.9 Å². The Labute approximate surface area is 137 Å². The molecule has 0 fully saturated rings. The van der Waals surface area contributed by atoms with Gasteiger partial charge in [0.2, 0.25) is 5.91 Å². The van der Waals surface area contributed by atoms with Crippen LogP contribution in [-0.4, -0.2) is 18.4 Å². The molecule has 2 N–H and O–H groups in total. The highest BCUT2D eigenvalue weighted by Gasteiger charge is 2.11. The van der Waals surface area contributed by atoms with Crippen LogP contribution in [0.25, 0.3) is 0 Å². The first-order valence-corrected chi connectivity index (χ1v) is 7.65. The highest BCUT2D eigenvalue weighted by Crippen LogP contribution is 2.20. The Balaban J connectivity index is 1.82. The Morgan fingerprint density at radius 1 is 1.23 bits per heavy atom. The zero-order valence-corrected chi connectivity index (χ0v) is 14.0. The molecule has 0 aliphatic rings. The van der Waals surface area contributed by atoms with Crippen LogP contribution in [0.2, 0.25) is 0 Å². The van der Waals surface area contributed by atoms with E-state index < -0.39 is 0 Å². The standard InChI is InChI=1S/C16H17BrN2O3/c1-10-3-4-12(17)9-14(10)19-15(20)5-7-18-16(21)13-6-8-22-11(13)2/h3-4,6,8-9H,5,7H2,1-2H3,(H,18,21)(H,19,20). The molecule has 0 saturated carbocycles. The van der Waals surface area contributed by atoms with Crippen molar-refractivity contribution in [1.82, 2.24) is 5.32 Å². The third-order valence-corrected chi connectivity index (χ3v) is 3.71. The van der Waals surface area contributed by atoms with Crippen LogP contribution in [0.1, 0.15) is 28.1 Å². The number of amides is 2. The average Bonchev–Trinajstić information content (AvgIpc) is 2.89. The molecule has 5 nitrogen and oxygen atoms in total. The Morgan fingerprint density at radius 2 is 2.00 bits per heavy atom. The third-order valence-electron chi connectivity index (χ3n) is 3.21. The SMILES string of the molecule is Cc1ccc(Br)cc1NC(=O)CCNC(=O)c1ccoc1C. The molecule has 2 rings (SSSR count). The summed E-state index contributed by atoms with van der Waals surface area (Å²) >= 11 is 3.37. The van der Waals surface area contributed by atoms with Crippen molar-refractivity contribution in [3.8, 4) is 0 Å². The topological polar surface area (TPSA) is 71.3 Å². The molecule has 0 aliphatic heterocycles. The van der Waals surface area contributed by atoms with Gasteiger partial charge in [-0.15, -0.1) is 0 Å². The lowest BCUT2D eigenvalue weighted by Gasteiger charge is -2.09. The molecule has 0 aliphatic carbocycles. The van der Waals surface area contributed by atoms with E-state index in [0.29, 0.717) is 11.3 Å². The summed E-state index contributed by atoms with van der Waals surface area (Å²) in [6.45, 7) is 3.91. The van der Waals surface area contributed by atoms with Crippen LogP contribution >= 0.6 is 15.9 Å². The van der Waals surface area contributed by atoms with Gasteiger partial charge in [-0.1, -0.05) is 22.0 Å². The number of halogens is 1. The molecular formula is C16H17BrN2O3. The van der Waals surface area contributed by atoms with E-state index in [4.69, 9.17) is 4.42 Å². The molecule has 22 heavy (non-hydrogen) atoms. The smallest absolute Gasteiger partial charge is 0.254 e. The summed E-state index contributed by atoms with van der Waals surface area (Å²) in [5.74, 6) is 0.176. The van der Waals surface area contributed by atoms with Gasteiger partial charge >= 0.3 is 0 Å². The van der Waals surface area contributed by atoms with Gasteiger partial charge in [-0.3, -0.25) is 9.59 Å². The fraction of sp³-hybridized carbons (Fsp3) is 0.250. The van der Waals surface area contributed by atoms with E-state index in [-0.39, 0.29) is 24.8 Å². The van der Waals surface area contributed by atoms with Gasteiger partial charge in [-0.25, -0.2) is 0 Å². The number of hydrogen-bond donors (Lipinski definition) is 2. The van der Waals surface area contributed by atoms with Gasteiger partial charge in [0, 0.05) is 23.1 Å². The van der Waals surface area contributed by atoms with Crippen molar-refractivity contribution in [1.29, 1.82) is 0 Å². The quantitative estimate of drug-likeness (QED) is 0.853. The molecule has 0 atom stereocenters. The minimum Gasteiger partial charge on any atom is -0.469 e. The number of anilines is 1. The Morgan fingerprint density at radius 3 is 2.68 bits per heavy atom. The van der Waals surface area contributed by atoms with Crippen molar-refractivity contribution >= 4 is 33.4 Å². The molecule has 0 spiro atoms. The van der Waals surface area contributed by atoms with Crippen LogP contribution in [0, 0.1) is 13.8 Å². The molecule has 0 bridgehead atoms. The normalized spacial score (nSPS) is 10.3. The fourth-order valence-corrected chi connectivity index (χ4v) is 2.31. The Bertz CT molecular complexity index is 694. The first-order valence-electron chi connectivity index (χ1n) is 6.85. The molecule has 0 saturated heterocycles. The number of nitrogens with one attached hydrogen (secondary N) is 2. The molecule has 6 heteroatoms. The van der Waals surface area contributed by atoms with Crippen LogP contribution in [0.15, 0.2) is 39.4 Å². The van der Waals surface area contributed by atoms with Crippen LogP contribution in [0.5, 0.6) is 0 Å². The summed E-state index contributed by atoms with van der Waals surface area (Å²) in [6.07, 6.45) is 1.67. The van der Waals surface area contributed by atoms with Crippen molar-refractivity contribution in [3.05, 3.63) is 51.9 Å². The van der Waals surface area contributed by atoms with Gasteiger partial charge in [0.25, 0.3) is 5.91 Å². The Hall–Kier alpha value is -2.08. The fourth-order valence-electron chi connectivity index (χ4n) is 1.95. The lowest BCUT2D eigenvalue weighted by Crippen LogP contribution is -2.27. The first-order chi connectivity index (χ1) is 10.5. The largest absolute Gasteiger partial charge is 0.469 e. The van der Waals surface area contributed by atoms with Gasteiger partial charge < -0.3 is 15.1 Å². The summed E-state index contributed by atoms with van der Waals surface area (Å²) in [4.78, 5) is 23.8. The highest BCUT2D eigenvalue weighted by atomic mass is 79.9. The number of carbonyl (C=O) groups excluding carboxylic acids is 2. The zero-order chi connectivity index (χ0) is 16.1. The van der Waals surface area contributed by atoms with Gasteiger partial charge in [0.1, 0.15) is 5.76 Å². The van der Waals surface area contributed by atoms with Crippen molar-refractivity contribution in [2.45, 2.75) is 20.3 Å². The van der Waals surface area contributed by atoms with Gasteiger partial charge in [-0.2, -0.15) is 0 Å². The lowest BCUT2D eigenvalue weighted by molar-refractivity contribution is -0.116. The molecule has 2 amide bonds. The van der Waals surface area contributed by atoms with Crippen molar-refractivity contribution in [2.24, 2.45) is 0 Å². The monoisotopic (exact) mass is 364 g/mol. The average molecular weight is 365 g/mol. The van der Waals surface area contributed by atoms with Gasteiger partial charge in [0.05, 0.1) is 11.8 Å². The maximum absolute atomic E-state index is 11.9. The van der Waals surface area contributed by atoms with Crippen LogP contribution in [0.4, 0.5) is 5.69 Å². The maximum atomic E-state index is 11.9. The van der Waals surface area contributed by atoms with Crippen molar-refractivity contribution in [3.63, 3.8) is 0 Å². The minimum atomic E-state index is -0.238. The van der Waals surface area contributed by atoms with E-state index in [0.717, 1.165) is 15.7 Å². The number of carbonyl (C=O) groups is 2. The number of benzene rings is 1. The summed E-state index contributed by atoms with van der Waals surface area (Å²) < 4.78 is 5.97. The summed E-state index contributed by atoms with van der Waals surface area (Å²) in [5, 5.41) is 5.53. The second kappa shape index (κ2) is 7.26.